The SMILES string of the molecule is CC1(C)CCC(c2noc(C3CC3)c2CO)CC1.CCC. The van der Waals surface area contributed by atoms with Crippen molar-refractivity contribution in [2.24, 2.45) is 5.41 Å². The van der Waals surface area contributed by atoms with Crippen molar-refractivity contribution >= 4 is 0 Å². The van der Waals surface area contributed by atoms with Gasteiger partial charge < -0.3 is 9.63 Å². The molecule has 3 nitrogen and oxygen atoms in total. The lowest BCUT2D eigenvalue weighted by Gasteiger charge is -2.33. The van der Waals surface area contributed by atoms with Crippen LogP contribution < -0.4 is 0 Å². The van der Waals surface area contributed by atoms with Gasteiger partial charge in [0.2, 0.25) is 0 Å². The highest BCUT2D eigenvalue weighted by Crippen LogP contribution is 2.47. The second-order valence-electron chi connectivity index (χ2n) is 7.49. The minimum atomic E-state index is 0.0879. The third kappa shape index (κ3) is 4.09. The molecular weight excluding hydrogens is 262 g/mol. The second kappa shape index (κ2) is 6.95. The van der Waals surface area contributed by atoms with E-state index in [1.54, 1.807) is 0 Å². The Labute approximate surface area is 129 Å². The summed E-state index contributed by atoms with van der Waals surface area (Å²) in [6.45, 7) is 9.02. The van der Waals surface area contributed by atoms with Crippen LogP contribution in [0, 0.1) is 5.41 Å². The summed E-state index contributed by atoms with van der Waals surface area (Å²) >= 11 is 0. The average molecular weight is 293 g/mol. The van der Waals surface area contributed by atoms with Crippen molar-refractivity contribution < 1.29 is 9.63 Å². The Morgan fingerprint density at radius 2 is 1.67 bits per heavy atom. The molecule has 1 N–H and O–H groups in total. The minimum Gasteiger partial charge on any atom is -0.391 e. The molecule has 3 heteroatoms. The number of aliphatic hydroxyl groups is 1. The summed E-state index contributed by atoms with van der Waals surface area (Å²) in [5.74, 6) is 2.00. The van der Waals surface area contributed by atoms with E-state index in [9.17, 15) is 5.11 Å². The van der Waals surface area contributed by atoms with Crippen LogP contribution in [0.2, 0.25) is 0 Å². The summed E-state index contributed by atoms with van der Waals surface area (Å²) in [5, 5.41) is 13.9. The van der Waals surface area contributed by atoms with E-state index >= 15 is 0 Å². The first-order chi connectivity index (χ1) is 10.0. The Kier molecular flexibility index (Phi) is 5.48. The topological polar surface area (TPSA) is 46.3 Å². The van der Waals surface area contributed by atoms with Crippen molar-refractivity contribution in [2.45, 2.75) is 91.1 Å². The fourth-order valence-corrected chi connectivity index (χ4v) is 3.15. The molecule has 2 aliphatic rings. The van der Waals surface area contributed by atoms with E-state index in [2.05, 4.69) is 32.9 Å². The molecule has 0 saturated heterocycles. The van der Waals surface area contributed by atoms with Crippen LogP contribution in [0.1, 0.15) is 101 Å². The summed E-state index contributed by atoms with van der Waals surface area (Å²) in [4.78, 5) is 0. The van der Waals surface area contributed by atoms with Crippen LogP contribution in [-0.2, 0) is 6.61 Å². The maximum atomic E-state index is 9.60. The Morgan fingerprint density at radius 3 is 2.14 bits per heavy atom. The van der Waals surface area contributed by atoms with Gasteiger partial charge in [0.1, 0.15) is 5.76 Å². The first-order valence-corrected chi connectivity index (χ1v) is 8.61. The van der Waals surface area contributed by atoms with Gasteiger partial charge in [-0.3, -0.25) is 0 Å². The Morgan fingerprint density at radius 1 is 1.10 bits per heavy atom. The second-order valence-corrected chi connectivity index (χ2v) is 7.49. The van der Waals surface area contributed by atoms with Crippen molar-refractivity contribution in [1.82, 2.24) is 5.16 Å². The Bertz CT molecular complexity index is 436. The van der Waals surface area contributed by atoms with Gasteiger partial charge in [-0.1, -0.05) is 39.3 Å². The van der Waals surface area contributed by atoms with Gasteiger partial charge in [0.25, 0.3) is 0 Å². The van der Waals surface area contributed by atoms with E-state index in [0.29, 0.717) is 17.3 Å². The smallest absolute Gasteiger partial charge is 0.145 e. The molecule has 21 heavy (non-hydrogen) atoms. The third-order valence-corrected chi connectivity index (χ3v) is 4.68. The predicted octanol–water partition coefficient (Wildman–Crippen LogP) is 5.14. The van der Waals surface area contributed by atoms with Gasteiger partial charge >= 0.3 is 0 Å². The van der Waals surface area contributed by atoms with Crippen LogP contribution in [-0.4, -0.2) is 10.3 Å². The Balaban J connectivity index is 0.000000497. The molecule has 0 spiro atoms. The zero-order chi connectivity index (χ0) is 15.5. The molecule has 3 rings (SSSR count). The van der Waals surface area contributed by atoms with Crippen LogP contribution in [0.15, 0.2) is 4.52 Å². The fraction of sp³-hybridized carbons (Fsp3) is 0.833. The molecule has 0 bridgehead atoms. The van der Waals surface area contributed by atoms with Gasteiger partial charge in [-0.05, 0) is 43.9 Å². The number of hydrogen-bond donors (Lipinski definition) is 1. The highest BCUT2D eigenvalue weighted by Gasteiger charge is 2.35. The highest BCUT2D eigenvalue weighted by molar-refractivity contribution is 5.30. The molecule has 0 radical (unpaired) electrons. The molecule has 0 atom stereocenters. The van der Waals surface area contributed by atoms with E-state index in [4.69, 9.17) is 4.52 Å². The van der Waals surface area contributed by atoms with Crippen LogP contribution in [0.3, 0.4) is 0 Å². The molecule has 2 saturated carbocycles. The fourth-order valence-electron chi connectivity index (χ4n) is 3.15. The monoisotopic (exact) mass is 293 g/mol. The van der Waals surface area contributed by atoms with E-state index in [0.717, 1.165) is 17.0 Å². The average Bonchev–Trinajstić information content (AvgIpc) is 3.19. The van der Waals surface area contributed by atoms with E-state index in [-0.39, 0.29) is 6.61 Å². The molecule has 0 aromatic carbocycles. The Hall–Kier alpha value is -0.830. The van der Waals surface area contributed by atoms with Gasteiger partial charge in [-0.15, -0.1) is 0 Å². The van der Waals surface area contributed by atoms with Crippen molar-refractivity contribution in [2.75, 3.05) is 0 Å². The van der Waals surface area contributed by atoms with E-state index < -0.39 is 0 Å². The zero-order valence-corrected chi connectivity index (χ0v) is 14.1. The van der Waals surface area contributed by atoms with Gasteiger partial charge in [0.15, 0.2) is 0 Å². The molecule has 0 unspecified atom stereocenters. The van der Waals surface area contributed by atoms with Gasteiger partial charge in [0, 0.05) is 17.4 Å². The summed E-state index contributed by atoms with van der Waals surface area (Å²) < 4.78 is 5.51. The van der Waals surface area contributed by atoms with Crippen molar-refractivity contribution in [3.63, 3.8) is 0 Å². The normalized spacial score (nSPS) is 21.8. The lowest BCUT2D eigenvalue weighted by Crippen LogP contribution is -2.21. The van der Waals surface area contributed by atoms with Crippen molar-refractivity contribution in [3.8, 4) is 0 Å². The first kappa shape index (κ1) is 16.5. The van der Waals surface area contributed by atoms with Gasteiger partial charge in [0.05, 0.1) is 12.3 Å². The quantitative estimate of drug-likeness (QED) is 0.838. The standard InChI is InChI=1S/C15H23NO2.C3H8/c1-15(2)7-5-10(6-8-15)13-12(9-17)14(18-16-13)11-3-4-11;1-3-2/h10-11,17H,3-9H2,1-2H3;3H2,1-2H3. The van der Waals surface area contributed by atoms with E-state index in [1.807, 2.05) is 0 Å². The van der Waals surface area contributed by atoms with E-state index in [1.165, 1.54) is 44.9 Å². The van der Waals surface area contributed by atoms with Gasteiger partial charge in [-0.2, -0.15) is 0 Å². The van der Waals surface area contributed by atoms with Crippen LogP contribution >= 0.6 is 0 Å². The minimum absolute atomic E-state index is 0.0879. The molecule has 1 aromatic heterocycles. The summed E-state index contributed by atoms with van der Waals surface area (Å²) in [6.07, 6.45) is 8.48. The number of rotatable bonds is 3. The molecule has 1 aromatic rings. The number of hydrogen-bond acceptors (Lipinski definition) is 3. The number of aromatic nitrogens is 1. The van der Waals surface area contributed by atoms with Crippen LogP contribution in [0.25, 0.3) is 0 Å². The lowest BCUT2D eigenvalue weighted by atomic mass is 9.72. The largest absolute Gasteiger partial charge is 0.391 e. The third-order valence-electron chi connectivity index (χ3n) is 4.68. The molecule has 2 aliphatic carbocycles. The molecule has 120 valence electrons. The summed E-state index contributed by atoms with van der Waals surface area (Å²) in [5.41, 5.74) is 2.52. The molecule has 0 aliphatic heterocycles. The predicted molar refractivity (Wildman–Crippen MR) is 85.4 cm³/mol. The van der Waals surface area contributed by atoms with Crippen LogP contribution in [0.5, 0.6) is 0 Å². The zero-order valence-electron chi connectivity index (χ0n) is 14.1. The lowest BCUT2D eigenvalue weighted by molar-refractivity contribution is 0.217. The van der Waals surface area contributed by atoms with Crippen LogP contribution in [0.4, 0.5) is 0 Å². The highest BCUT2D eigenvalue weighted by atomic mass is 16.5. The van der Waals surface area contributed by atoms with Gasteiger partial charge in [-0.25, -0.2) is 0 Å². The maximum absolute atomic E-state index is 9.60. The number of nitrogens with zero attached hydrogens (tertiary/aromatic N) is 1. The van der Waals surface area contributed by atoms with Crippen molar-refractivity contribution in [3.05, 3.63) is 17.0 Å². The summed E-state index contributed by atoms with van der Waals surface area (Å²) in [6, 6.07) is 0. The summed E-state index contributed by atoms with van der Waals surface area (Å²) in [7, 11) is 0. The van der Waals surface area contributed by atoms with Crippen molar-refractivity contribution in [1.29, 1.82) is 0 Å². The molecule has 0 amide bonds. The maximum Gasteiger partial charge on any atom is 0.145 e. The molecule has 1 heterocycles. The molecule has 2 fully saturated rings. The number of aliphatic hydroxyl groups excluding tert-OH is 1. The first-order valence-electron chi connectivity index (χ1n) is 8.61. The molecular formula is C18H31NO2.